The van der Waals surface area contributed by atoms with Crippen LogP contribution in [0.2, 0.25) is 15.3 Å². The first-order valence-corrected chi connectivity index (χ1v) is 8.23. The first kappa shape index (κ1) is 15.8. The lowest BCUT2D eigenvalue weighted by Gasteiger charge is -2.14. The van der Waals surface area contributed by atoms with E-state index in [1.807, 2.05) is 24.3 Å². The maximum atomic E-state index is 6.46. The fraction of sp³-hybridized carbons (Fsp3) is 0.0667. The number of benzene rings is 2. The fourth-order valence-corrected chi connectivity index (χ4v) is 3.34. The average Bonchev–Trinajstić information content (AvgIpc) is 2.48. The molecule has 0 bridgehead atoms. The van der Waals surface area contributed by atoms with Gasteiger partial charge in [-0.1, -0.05) is 51.3 Å². The van der Waals surface area contributed by atoms with Crippen LogP contribution >= 0.6 is 50.7 Å². The van der Waals surface area contributed by atoms with Crippen molar-refractivity contribution in [1.82, 2.24) is 9.97 Å². The van der Waals surface area contributed by atoms with Crippen molar-refractivity contribution in [3.05, 3.63) is 50.1 Å². The zero-order valence-electron chi connectivity index (χ0n) is 11.3. The number of hydrogen-bond acceptors (Lipinski definition) is 3. The van der Waals surface area contributed by atoms with E-state index in [9.17, 15) is 0 Å². The molecule has 0 unspecified atom stereocenters. The highest BCUT2D eigenvalue weighted by Crippen LogP contribution is 2.42. The summed E-state index contributed by atoms with van der Waals surface area (Å²) in [6.07, 6.45) is 0. The topological polar surface area (TPSA) is 37.8 Å². The molecule has 0 saturated carbocycles. The summed E-state index contributed by atoms with van der Waals surface area (Å²) in [7, 11) is 1.77. The van der Waals surface area contributed by atoms with E-state index in [-0.39, 0.29) is 5.28 Å². The summed E-state index contributed by atoms with van der Waals surface area (Å²) in [6.45, 7) is 0. The fourth-order valence-electron chi connectivity index (χ4n) is 2.31. The van der Waals surface area contributed by atoms with Crippen molar-refractivity contribution in [3.63, 3.8) is 0 Å². The monoisotopic (exact) mass is 415 g/mol. The van der Waals surface area contributed by atoms with Gasteiger partial charge in [-0.3, -0.25) is 0 Å². The van der Waals surface area contributed by atoms with Gasteiger partial charge in [0.15, 0.2) is 0 Å². The van der Waals surface area contributed by atoms with E-state index in [1.54, 1.807) is 13.1 Å². The molecule has 0 saturated heterocycles. The van der Waals surface area contributed by atoms with Crippen LogP contribution in [-0.2, 0) is 0 Å². The third-order valence-electron chi connectivity index (χ3n) is 3.20. The van der Waals surface area contributed by atoms with Crippen LogP contribution in [0.15, 0.2) is 34.8 Å². The van der Waals surface area contributed by atoms with Crippen LogP contribution in [0.3, 0.4) is 0 Å². The summed E-state index contributed by atoms with van der Waals surface area (Å²) in [5.41, 5.74) is 2.31. The van der Waals surface area contributed by atoms with Gasteiger partial charge in [0.25, 0.3) is 0 Å². The van der Waals surface area contributed by atoms with Crippen LogP contribution in [0.25, 0.3) is 22.0 Å². The lowest BCUT2D eigenvalue weighted by molar-refractivity contribution is 1.21. The largest absolute Gasteiger partial charge is 0.372 e. The Hall–Kier alpha value is -1.07. The molecule has 0 atom stereocenters. The maximum absolute atomic E-state index is 6.46. The van der Waals surface area contributed by atoms with E-state index in [4.69, 9.17) is 34.8 Å². The third-order valence-corrected chi connectivity index (χ3v) is 4.65. The Labute approximate surface area is 150 Å². The average molecular weight is 418 g/mol. The zero-order valence-corrected chi connectivity index (χ0v) is 15.1. The predicted molar refractivity (Wildman–Crippen MR) is 97.3 cm³/mol. The molecular weight excluding hydrogens is 408 g/mol. The summed E-state index contributed by atoms with van der Waals surface area (Å²) in [5.74, 6) is 0.601. The number of nitrogens with one attached hydrogen (secondary N) is 1. The molecule has 7 heteroatoms. The quantitative estimate of drug-likeness (QED) is 0.515. The van der Waals surface area contributed by atoms with Gasteiger partial charge >= 0.3 is 0 Å². The van der Waals surface area contributed by atoms with E-state index < -0.39 is 0 Å². The minimum atomic E-state index is 0.149. The van der Waals surface area contributed by atoms with E-state index in [2.05, 4.69) is 31.2 Å². The van der Waals surface area contributed by atoms with E-state index in [0.29, 0.717) is 21.4 Å². The summed E-state index contributed by atoms with van der Waals surface area (Å²) in [6, 6.07) is 9.48. The Kier molecular flexibility index (Phi) is 4.46. The number of fused-ring (bicyclic) bond motifs is 1. The van der Waals surface area contributed by atoms with Gasteiger partial charge in [0.1, 0.15) is 5.82 Å². The molecule has 0 radical (unpaired) electrons. The van der Waals surface area contributed by atoms with Gasteiger partial charge < -0.3 is 5.32 Å². The van der Waals surface area contributed by atoms with Crippen LogP contribution in [0.1, 0.15) is 0 Å². The van der Waals surface area contributed by atoms with Crippen LogP contribution in [0, 0.1) is 0 Å². The van der Waals surface area contributed by atoms with Crippen molar-refractivity contribution in [1.29, 1.82) is 0 Å². The highest BCUT2D eigenvalue weighted by molar-refractivity contribution is 9.10. The number of rotatable bonds is 2. The Morgan fingerprint density at radius 3 is 2.55 bits per heavy atom. The molecule has 3 rings (SSSR count). The van der Waals surface area contributed by atoms with Crippen molar-refractivity contribution in [2.75, 3.05) is 12.4 Å². The maximum Gasteiger partial charge on any atom is 0.224 e. The number of nitrogens with zero attached hydrogens (tertiary/aromatic N) is 2. The van der Waals surface area contributed by atoms with E-state index in [0.717, 1.165) is 21.0 Å². The second-order valence-electron chi connectivity index (χ2n) is 4.54. The van der Waals surface area contributed by atoms with Crippen molar-refractivity contribution in [2.45, 2.75) is 0 Å². The summed E-state index contributed by atoms with van der Waals surface area (Å²) < 4.78 is 0.940. The summed E-state index contributed by atoms with van der Waals surface area (Å²) >= 11 is 22.2. The van der Waals surface area contributed by atoms with E-state index in [1.165, 1.54) is 0 Å². The van der Waals surface area contributed by atoms with Gasteiger partial charge in [-0.25, -0.2) is 9.97 Å². The number of hydrogen-bond donors (Lipinski definition) is 1. The molecule has 0 aliphatic carbocycles. The number of aromatic nitrogens is 2. The zero-order chi connectivity index (χ0) is 15.9. The lowest BCUT2D eigenvalue weighted by Crippen LogP contribution is -1.99. The van der Waals surface area contributed by atoms with Gasteiger partial charge in [0, 0.05) is 17.1 Å². The first-order valence-electron chi connectivity index (χ1n) is 6.30. The third kappa shape index (κ3) is 2.76. The molecule has 0 amide bonds. The molecule has 22 heavy (non-hydrogen) atoms. The molecule has 3 aromatic rings. The normalized spacial score (nSPS) is 11.0. The Balaban J connectivity index is 2.49. The summed E-state index contributed by atoms with van der Waals surface area (Å²) in [5, 5.41) is 4.83. The van der Waals surface area contributed by atoms with Crippen LogP contribution in [0.4, 0.5) is 5.82 Å². The van der Waals surface area contributed by atoms with Crippen LogP contribution in [0.5, 0.6) is 0 Å². The lowest BCUT2D eigenvalue weighted by atomic mass is 10.0. The summed E-state index contributed by atoms with van der Waals surface area (Å²) in [4.78, 5) is 8.48. The van der Waals surface area contributed by atoms with Gasteiger partial charge in [-0.05, 0) is 35.4 Å². The molecule has 0 aliphatic heterocycles. The highest BCUT2D eigenvalue weighted by Gasteiger charge is 2.18. The van der Waals surface area contributed by atoms with E-state index >= 15 is 0 Å². The first-order chi connectivity index (χ1) is 10.5. The molecule has 0 spiro atoms. The number of anilines is 1. The standard InChI is InChI=1S/C15H9BrCl3N3/c1-20-14-12-10(21-15(19)22-14)6-9(17)13(18)11(12)7-3-2-4-8(16)5-7/h2-6H,1H3,(H,20,21,22). The Bertz CT molecular complexity index is 884. The molecule has 1 N–H and O–H groups in total. The molecule has 0 fully saturated rings. The van der Waals surface area contributed by atoms with Crippen LogP contribution in [-0.4, -0.2) is 17.0 Å². The smallest absolute Gasteiger partial charge is 0.224 e. The molecular formula is C15H9BrCl3N3. The number of halogens is 4. The minimum absolute atomic E-state index is 0.149. The van der Waals surface area contributed by atoms with Crippen LogP contribution < -0.4 is 5.32 Å². The second kappa shape index (κ2) is 6.20. The van der Waals surface area contributed by atoms with Gasteiger partial charge in [0.05, 0.1) is 20.9 Å². The van der Waals surface area contributed by atoms with Crippen molar-refractivity contribution >= 4 is 67.5 Å². The molecule has 0 aliphatic rings. The van der Waals surface area contributed by atoms with Gasteiger partial charge in [0.2, 0.25) is 5.28 Å². The Morgan fingerprint density at radius 2 is 1.86 bits per heavy atom. The predicted octanol–water partition coefficient (Wildman–Crippen LogP) is 6.06. The second-order valence-corrected chi connectivity index (χ2v) is 6.58. The Morgan fingerprint density at radius 1 is 1.09 bits per heavy atom. The molecule has 1 aromatic heterocycles. The van der Waals surface area contributed by atoms with Gasteiger partial charge in [-0.15, -0.1) is 0 Å². The van der Waals surface area contributed by atoms with Gasteiger partial charge in [-0.2, -0.15) is 0 Å². The van der Waals surface area contributed by atoms with Crippen molar-refractivity contribution < 1.29 is 0 Å². The van der Waals surface area contributed by atoms with Crippen molar-refractivity contribution in [2.24, 2.45) is 0 Å². The molecule has 2 aromatic carbocycles. The SMILES string of the molecule is CNc1nc(Cl)nc2cc(Cl)c(Cl)c(-c3cccc(Br)c3)c12. The molecule has 112 valence electrons. The molecule has 3 nitrogen and oxygen atoms in total. The highest BCUT2D eigenvalue weighted by atomic mass is 79.9. The minimum Gasteiger partial charge on any atom is -0.372 e. The van der Waals surface area contributed by atoms with Crippen molar-refractivity contribution in [3.8, 4) is 11.1 Å². The molecule has 1 heterocycles.